The van der Waals surface area contributed by atoms with E-state index in [9.17, 15) is 19.5 Å². The van der Waals surface area contributed by atoms with Crippen LogP contribution in [0.5, 0.6) is 0 Å². The van der Waals surface area contributed by atoms with Crippen molar-refractivity contribution in [1.82, 2.24) is 10.6 Å². The number of hydrogen-bond donors (Lipinski definition) is 4. The van der Waals surface area contributed by atoms with E-state index in [4.69, 9.17) is 0 Å². The van der Waals surface area contributed by atoms with Crippen molar-refractivity contribution in [1.29, 1.82) is 0 Å². The van der Waals surface area contributed by atoms with Crippen LogP contribution in [-0.4, -0.2) is 40.7 Å². The van der Waals surface area contributed by atoms with E-state index < -0.39 is 29.9 Å². The number of carbonyl (C=O) groups is 3. The van der Waals surface area contributed by atoms with Crippen LogP contribution in [0.4, 0.5) is 0 Å². The number of hydrogen-bond acceptors (Lipinski definition) is 4. The fraction of sp³-hybridized carbons (Fsp3) is 0.316. The molecule has 1 unspecified atom stereocenters. The standard InChI is InChI=1S/C19H24N2O4S/c1-2-3-5-10-17(22)20-15(11-12-26)18(23)21-16(19(24)25)13-14-8-6-4-7-9-14/h2-10,15-16,26H,11-13H2,1H3,(H,20,22)(H,21,23)(H,24,25)/b3-2-,10-5+/t15?,16-/m1/s1. The number of benzene rings is 1. The monoisotopic (exact) mass is 376 g/mol. The van der Waals surface area contributed by atoms with Gasteiger partial charge in [0, 0.05) is 12.5 Å². The Morgan fingerprint density at radius 2 is 1.81 bits per heavy atom. The number of allylic oxidation sites excluding steroid dienone is 3. The molecule has 0 aliphatic carbocycles. The third-order valence-corrected chi connectivity index (χ3v) is 3.76. The second kappa shape index (κ2) is 11.9. The average Bonchev–Trinajstić information content (AvgIpc) is 2.61. The average molecular weight is 376 g/mol. The normalized spacial score (nSPS) is 13.5. The molecule has 3 N–H and O–H groups in total. The first kappa shape index (κ1) is 21.5. The molecular formula is C19H24N2O4S. The van der Waals surface area contributed by atoms with Crippen molar-refractivity contribution in [2.45, 2.75) is 31.8 Å². The van der Waals surface area contributed by atoms with Crippen LogP contribution < -0.4 is 10.6 Å². The molecule has 1 rings (SSSR count). The van der Waals surface area contributed by atoms with Gasteiger partial charge in [-0.25, -0.2) is 4.79 Å². The van der Waals surface area contributed by atoms with Crippen LogP contribution in [0, 0.1) is 0 Å². The molecule has 0 bridgehead atoms. The number of carbonyl (C=O) groups excluding carboxylic acids is 2. The summed E-state index contributed by atoms with van der Waals surface area (Å²) in [6.45, 7) is 1.82. The molecule has 26 heavy (non-hydrogen) atoms. The largest absolute Gasteiger partial charge is 0.480 e. The molecule has 0 fully saturated rings. The van der Waals surface area contributed by atoms with E-state index in [1.54, 1.807) is 42.5 Å². The molecule has 2 amide bonds. The van der Waals surface area contributed by atoms with E-state index in [1.807, 2.05) is 13.0 Å². The molecule has 1 aromatic carbocycles. The highest BCUT2D eigenvalue weighted by Gasteiger charge is 2.25. The molecule has 0 aliphatic heterocycles. The van der Waals surface area contributed by atoms with Crippen LogP contribution in [-0.2, 0) is 20.8 Å². The predicted molar refractivity (Wildman–Crippen MR) is 104 cm³/mol. The molecule has 0 aromatic heterocycles. The van der Waals surface area contributed by atoms with Crippen LogP contribution in [0.1, 0.15) is 18.9 Å². The van der Waals surface area contributed by atoms with Gasteiger partial charge in [-0.1, -0.05) is 48.6 Å². The van der Waals surface area contributed by atoms with E-state index >= 15 is 0 Å². The second-order valence-corrected chi connectivity index (χ2v) is 5.99. The Kier molecular flexibility index (Phi) is 9.86. The minimum absolute atomic E-state index is 0.157. The number of amides is 2. The number of rotatable bonds is 10. The van der Waals surface area contributed by atoms with Gasteiger partial charge >= 0.3 is 5.97 Å². The lowest BCUT2D eigenvalue weighted by Gasteiger charge is -2.20. The lowest BCUT2D eigenvalue weighted by Crippen LogP contribution is -2.52. The summed E-state index contributed by atoms with van der Waals surface area (Å²) in [5, 5.41) is 14.5. The summed E-state index contributed by atoms with van der Waals surface area (Å²) in [7, 11) is 0. The van der Waals surface area contributed by atoms with Crippen molar-refractivity contribution < 1.29 is 19.5 Å². The Morgan fingerprint density at radius 3 is 2.38 bits per heavy atom. The van der Waals surface area contributed by atoms with Crippen LogP contribution in [0.15, 0.2) is 54.6 Å². The Morgan fingerprint density at radius 1 is 1.12 bits per heavy atom. The van der Waals surface area contributed by atoms with E-state index in [0.29, 0.717) is 5.75 Å². The Bertz CT molecular complexity index is 659. The quantitative estimate of drug-likeness (QED) is 0.284. The first-order valence-electron chi connectivity index (χ1n) is 8.25. The molecule has 6 nitrogen and oxygen atoms in total. The molecule has 1 aromatic rings. The maximum Gasteiger partial charge on any atom is 0.326 e. The van der Waals surface area contributed by atoms with Crippen LogP contribution in [0.25, 0.3) is 0 Å². The maximum atomic E-state index is 12.4. The summed E-state index contributed by atoms with van der Waals surface area (Å²) in [4.78, 5) is 35.8. The van der Waals surface area contributed by atoms with Crippen molar-refractivity contribution >= 4 is 30.4 Å². The molecule has 0 saturated carbocycles. The zero-order chi connectivity index (χ0) is 19.4. The van der Waals surface area contributed by atoms with Crippen molar-refractivity contribution in [2.75, 3.05) is 5.75 Å². The summed E-state index contributed by atoms with van der Waals surface area (Å²) in [6.07, 6.45) is 6.76. The minimum Gasteiger partial charge on any atom is -0.480 e. The summed E-state index contributed by atoms with van der Waals surface area (Å²) < 4.78 is 0. The maximum absolute atomic E-state index is 12.4. The van der Waals surface area contributed by atoms with Crippen molar-refractivity contribution in [3.63, 3.8) is 0 Å². The van der Waals surface area contributed by atoms with Crippen LogP contribution in [0.3, 0.4) is 0 Å². The fourth-order valence-corrected chi connectivity index (χ4v) is 2.45. The second-order valence-electron chi connectivity index (χ2n) is 5.55. The first-order valence-corrected chi connectivity index (χ1v) is 8.89. The smallest absolute Gasteiger partial charge is 0.326 e. The lowest BCUT2D eigenvalue weighted by atomic mass is 10.1. The molecule has 0 aliphatic rings. The molecule has 7 heteroatoms. The number of thiol groups is 1. The first-order chi connectivity index (χ1) is 12.5. The van der Waals surface area contributed by atoms with E-state index in [0.717, 1.165) is 5.56 Å². The Balaban J connectivity index is 2.75. The zero-order valence-electron chi connectivity index (χ0n) is 14.6. The number of aliphatic carboxylic acids is 1. The molecule has 2 atom stereocenters. The van der Waals surface area contributed by atoms with Gasteiger partial charge in [0.25, 0.3) is 0 Å². The highest BCUT2D eigenvalue weighted by Crippen LogP contribution is 2.05. The predicted octanol–water partition coefficient (Wildman–Crippen LogP) is 1.74. The summed E-state index contributed by atoms with van der Waals surface area (Å²) in [6, 6.07) is 7.09. The molecule has 0 radical (unpaired) electrons. The van der Waals surface area contributed by atoms with Crippen LogP contribution in [0.2, 0.25) is 0 Å². The highest BCUT2D eigenvalue weighted by atomic mass is 32.1. The number of nitrogens with one attached hydrogen (secondary N) is 2. The van der Waals surface area contributed by atoms with Gasteiger partial charge in [-0.15, -0.1) is 0 Å². The lowest BCUT2D eigenvalue weighted by molar-refractivity contribution is -0.142. The fourth-order valence-electron chi connectivity index (χ4n) is 2.19. The van der Waals surface area contributed by atoms with Gasteiger partial charge in [0.05, 0.1) is 0 Å². The molecule has 0 saturated heterocycles. The molecule has 140 valence electrons. The van der Waals surface area contributed by atoms with E-state index in [2.05, 4.69) is 23.3 Å². The van der Waals surface area contributed by atoms with Gasteiger partial charge in [-0.3, -0.25) is 9.59 Å². The zero-order valence-corrected chi connectivity index (χ0v) is 15.5. The summed E-state index contributed by atoms with van der Waals surface area (Å²) in [5.41, 5.74) is 0.796. The third kappa shape index (κ3) is 8.02. The third-order valence-electron chi connectivity index (χ3n) is 3.50. The van der Waals surface area contributed by atoms with Gasteiger partial charge in [0.2, 0.25) is 11.8 Å². The van der Waals surface area contributed by atoms with Gasteiger partial charge in [-0.2, -0.15) is 12.6 Å². The Hall–Kier alpha value is -2.54. The number of carboxylic acids is 1. The van der Waals surface area contributed by atoms with E-state index in [-0.39, 0.29) is 12.8 Å². The van der Waals surface area contributed by atoms with Crippen LogP contribution >= 0.6 is 12.6 Å². The van der Waals surface area contributed by atoms with E-state index in [1.165, 1.54) is 6.08 Å². The van der Waals surface area contributed by atoms with Gasteiger partial charge in [0.15, 0.2) is 0 Å². The summed E-state index contributed by atoms with van der Waals surface area (Å²) in [5.74, 6) is -1.74. The topological polar surface area (TPSA) is 95.5 Å². The molecule has 0 spiro atoms. The minimum atomic E-state index is -1.13. The molecular weight excluding hydrogens is 352 g/mol. The van der Waals surface area contributed by atoms with Gasteiger partial charge in [-0.05, 0) is 24.7 Å². The SMILES string of the molecule is C/C=C\C=C\C(=O)NC(CCS)C(=O)N[C@H](Cc1ccccc1)C(=O)O. The Labute approximate surface area is 158 Å². The summed E-state index contributed by atoms with van der Waals surface area (Å²) >= 11 is 4.10. The van der Waals surface area contributed by atoms with Gasteiger partial charge in [0.1, 0.15) is 12.1 Å². The van der Waals surface area contributed by atoms with Gasteiger partial charge < -0.3 is 15.7 Å². The van der Waals surface area contributed by atoms with Crippen molar-refractivity contribution in [3.8, 4) is 0 Å². The van der Waals surface area contributed by atoms with Crippen molar-refractivity contribution in [3.05, 3.63) is 60.2 Å². The highest BCUT2D eigenvalue weighted by molar-refractivity contribution is 7.80. The van der Waals surface area contributed by atoms with Crippen molar-refractivity contribution in [2.24, 2.45) is 0 Å². The molecule has 0 heterocycles. The number of carboxylic acid groups (broad SMARTS) is 1.